The molecule has 0 saturated carbocycles. The van der Waals surface area contributed by atoms with Gasteiger partial charge in [0, 0.05) is 31.9 Å². The van der Waals surface area contributed by atoms with E-state index in [0.717, 1.165) is 5.39 Å². The van der Waals surface area contributed by atoms with Crippen LogP contribution in [-0.4, -0.2) is 29.0 Å². The second-order valence-corrected chi connectivity index (χ2v) is 3.86. The summed E-state index contributed by atoms with van der Waals surface area (Å²) in [5.74, 6) is 0. The number of nitrogens with zero attached hydrogens (tertiary/aromatic N) is 4. The largest absolute Gasteiger partial charge is 0.382 e. The molecule has 0 fully saturated rings. The molecule has 2 aromatic rings. The normalized spacial score (nSPS) is 11.2. The van der Waals surface area contributed by atoms with Gasteiger partial charge in [-0.05, 0) is 24.3 Å². The minimum absolute atomic E-state index is 0.530. The molecule has 0 N–H and O–H groups in total. The average molecular weight is 224 g/mol. The van der Waals surface area contributed by atoms with Crippen LogP contribution in [0.2, 0.25) is 0 Å². The molecule has 0 aliphatic carbocycles. The molecular weight excluding hydrogens is 212 g/mol. The van der Waals surface area contributed by atoms with Gasteiger partial charge in [0.2, 0.25) is 0 Å². The molecule has 84 valence electrons. The maximum Gasteiger partial charge on any atom is 0.159 e. The van der Waals surface area contributed by atoms with E-state index in [4.69, 9.17) is 5.26 Å². The Morgan fingerprint density at radius 1 is 1.35 bits per heavy atom. The van der Waals surface area contributed by atoms with Crippen molar-refractivity contribution in [3.8, 4) is 6.07 Å². The lowest BCUT2D eigenvalue weighted by atomic mass is 10.2. The minimum Gasteiger partial charge on any atom is -0.382 e. The molecule has 4 heteroatoms. The van der Waals surface area contributed by atoms with Gasteiger partial charge < -0.3 is 4.90 Å². The van der Waals surface area contributed by atoms with Crippen LogP contribution in [0.5, 0.6) is 0 Å². The van der Waals surface area contributed by atoms with Gasteiger partial charge in [-0.2, -0.15) is 5.26 Å². The van der Waals surface area contributed by atoms with E-state index in [1.165, 1.54) is 0 Å². The molecule has 2 rings (SSSR count). The molecular formula is C13H12N4. The fraction of sp³-hybridized carbons (Fsp3) is 0.154. The lowest BCUT2D eigenvalue weighted by molar-refractivity contribution is 0.566. The highest BCUT2D eigenvalue weighted by Gasteiger charge is 2.04. The van der Waals surface area contributed by atoms with Gasteiger partial charge in [0.25, 0.3) is 0 Å². The van der Waals surface area contributed by atoms with E-state index in [-0.39, 0.29) is 0 Å². The number of aromatic nitrogens is 2. The summed E-state index contributed by atoms with van der Waals surface area (Å²) in [5, 5.41) is 10.1. The zero-order valence-corrected chi connectivity index (χ0v) is 9.75. The summed E-state index contributed by atoms with van der Waals surface area (Å²) in [5.41, 5.74) is 1.83. The van der Waals surface area contributed by atoms with E-state index >= 15 is 0 Å². The van der Waals surface area contributed by atoms with Crippen LogP contribution >= 0.6 is 0 Å². The van der Waals surface area contributed by atoms with Crippen LogP contribution in [0.4, 0.5) is 0 Å². The van der Waals surface area contributed by atoms with Crippen LogP contribution in [0.25, 0.3) is 16.6 Å². The predicted octanol–water partition coefficient (Wildman–Crippen LogP) is 2.06. The summed E-state index contributed by atoms with van der Waals surface area (Å²) in [4.78, 5) is 10.4. The molecule has 0 aliphatic rings. The first-order valence-corrected chi connectivity index (χ1v) is 5.21. The molecule has 0 atom stereocenters. The van der Waals surface area contributed by atoms with Gasteiger partial charge in [0.15, 0.2) is 5.65 Å². The fourth-order valence-electron chi connectivity index (χ4n) is 1.51. The Bertz CT molecular complexity index is 608. The van der Waals surface area contributed by atoms with Crippen molar-refractivity contribution in [1.82, 2.24) is 14.9 Å². The van der Waals surface area contributed by atoms with E-state index in [2.05, 4.69) is 16.0 Å². The number of fused-ring (bicyclic) bond motifs is 1. The maximum atomic E-state index is 9.10. The number of pyridine rings is 2. The van der Waals surface area contributed by atoms with E-state index in [1.807, 2.05) is 43.3 Å². The predicted molar refractivity (Wildman–Crippen MR) is 66.8 cm³/mol. The summed E-state index contributed by atoms with van der Waals surface area (Å²) in [6.07, 6.45) is 3.44. The van der Waals surface area contributed by atoms with Crippen molar-refractivity contribution in [1.29, 1.82) is 5.26 Å². The summed E-state index contributed by atoms with van der Waals surface area (Å²) in [6.45, 7) is 0. The third kappa shape index (κ3) is 2.40. The highest BCUT2D eigenvalue weighted by molar-refractivity contribution is 5.80. The molecule has 2 aromatic heterocycles. The molecule has 0 aromatic carbocycles. The van der Waals surface area contributed by atoms with Crippen molar-refractivity contribution in [2.24, 2.45) is 0 Å². The summed E-state index contributed by atoms with van der Waals surface area (Å²) in [6, 6.07) is 9.71. The van der Waals surface area contributed by atoms with E-state index in [1.54, 1.807) is 12.4 Å². The number of hydrogen-bond acceptors (Lipinski definition) is 4. The van der Waals surface area contributed by atoms with Gasteiger partial charge >= 0.3 is 0 Å². The molecule has 0 amide bonds. The monoisotopic (exact) mass is 224 g/mol. The number of rotatable bonds is 2. The Hall–Kier alpha value is -2.41. The van der Waals surface area contributed by atoms with Gasteiger partial charge in [-0.1, -0.05) is 0 Å². The molecule has 4 nitrogen and oxygen atoms in total. The Kier molecular flexibility index (Phi) is 3.01. The second-order valence-electron chi connectivity index (χ2n) is 3.86. The SMILES string of the molecule is CN(C)C=C(C#N)c1ccc2cccnc2n1. The quantitative estimate of drug-likeness (QED) is 0.733. The van der Waals surface area contributed by atoms with Crippen LogP contribution in [-0.2, 0) is 0 Å². The van der Waals surface area contributed by atoms with Crippen molar-refractivity contribution in [3.63, 3.8) is 0 Å². The summed E-state index contributed by atoms with van der Waals surface area (Å²) < 4.78 is 0. The lowest BCUT2D eigenvalue weighted by Gasteiger charge is -2.06. The van der Waals surface area contributed by atoms with Gasteiger partial charge in [0.1, 0.15) is 6.07 Å². The maximum absolute atomic E-state index is 9.10. The molecule has 0 radical (unpaired) electrons. The standard InChI is InChI=1S/C13H12N4/c1-17(2)9-11(8-14)12-6-5-10-4-3-7-15-13(10)16-12/h3-7,9H,1-2H3. The van der Waals surface area contributed by atoms with Gasteiger partial charge in [0.05, 0.1) is 11.3 Å². The van der Waals surface area contributed by atoms with E-state index in [0.29, 0.717) is 16.9 Å². The first kappa shape index (κ1) is 11.1. The van der Waals surface area contributed by atoms with Gasteiger partial charge in [-0.3, -0.25) is 0 Å². The second kappa shape index (κ2) is 4.62. The molecule has 0 spiro atoms. The molecule has 0 unspecified atom stereocenters. The van der Waals surface area contributed by atoms with Crippen LogP contribution in [0.1, 0.15) is 5.69 Å². The zero-order chi connectivity index (χ0) is 12.3. The Balaban J connectivity index is 2.53. The highest BCUT2D eigenvalue weighted by Crippen LogP contribution is 2.15. The first-order valence-electron chi connectivity index (χ1n) is 5.21. The Labute approximate surface area is 99.8 Å². The van der Waals surface area contributed by atoms with Crippen molar-refractivity contribution in [2.45, 2.75) is 0 Å². The molecule has 0 saturated heterocycles. The number of nitriles is 1. The Morgan fingerprint density at radius 3 is 2.88 bits per heavy atom. The van der Waals surface area contributed by atoms with Crippen molar-refractivity contribution < 1.29 is 0 Å². The molecule has 0 aliphatic heterocycles. The topological polar surface area (TPSA) is 52.8 Å². The lowest BCUT2D eigenvalue weighted by Crippen LogP contribution is -2.03. The number of hydrogen-bond donors (Lipinski definition) is 0. The van der Waals surface area contributed by atoms with Crippen molar-refractivity contribution in [2.75, 3.05) is 14.1 Å². The minimum atomic E-state index is 0.530. The van der Waals surface area contributed by atoms with Gasteiger partial charge in [-0.25, -0.2) is 9.97 Å². The third-order valence-corrected chi connectivity index (χ3v) is 2.25. The summed E-state index contributed by atoms with van der Waals surface area (Å²) >= 11 is 0. The van der Waals surface area contributed by atoms with Crippen molar-refractivity contribution in [3.05, 3.63) is 42.4 Å². The fourth-order valence-corrected chi connectivity index (χ4v) is 1.51. The average Bonchev–Trinajstić information content (AvgIpc) is 2.35. The van der Waals surface area contributed by atoms with Crippen LogP contribution in [0, 0.1) is 11.3 Å². The van der Waals surface area contributed by atoms with Crippen LogP contribution in [0.15, 0.2) is 36.7 Å². The molecule has 0 bridgehead atoms. The highest BCUT2D eigenvalue weighted by atomic mass is 15.0. The van der Waals surface area contributed by atoms with Crippen LogP contribution < -0.4 is 0 Å². The number of allylic oxidation sites excluding steroid dienone is 1. The van der Waals surface area contributed by atoms with Crippen LogP contribution in [0.3, 0.4) is 0 Å². The van der Waals surface area contributed by atoms with E-state index in [9.17, 15) is 0 Å². The van der Waals surface area contributed by atoms with E-state index < -0.39 is 0 Å². The first-order chi connectivity index (χ1) is 8.20. The van der Waals surface area contributed by atoms with Crippen molar-refractivity contribution >= 4 is 16.6 Å². The Morgan fingerprint density at radius 2 is 2.18 bits per heavy atom. The van der Waals surface area contributed by atoms with Gasteiger partial charge in [-0.15, -0.1) is 0 Å². The smallest absolute Gasteiger partial charge is 0.159 e. The zero-order valence-electron chi connectivity index (χ0n) is 9.75. The molecule has 17 heavy (non-hydrogen) atoms. The third-order valence-electron chi connectivity index (χ3n) is 2.25. The molecule has 2 heterocycles. The summed E-state index contributed by atoms with van der Waals surface area (Å²) in [7, 11) is 3.74.